The molecule has 0 saturated carbocycles. The van der Waals surface area contributed by atoms with Crippen LogP contribution in [0.4, 0.5) is 5.69 Å². The molecule has 1 amide bonds. The number of likely N-dealkylation sites (N-methyl/N-ethyl adjacent to an activating group) is 1. The van der Waals surface area contributed by atoms with Gasteiger partial charge in [-0.3, -0.25) is 9.69 Å². The Bertz CT molecular complexity index is 433. The van der Waals surface area contributed by atoms with Crippen molar-refractivity contribution in [2.75, 3.05) is 45.2 Å². The fraction of sp³-hybridized carbons (Fsp3) is 0.588. The number of likely N-dealkylation sites (tertiary alicyclic amines) is 1. The Kier molecular flexibility index (Phi) is 8.46. The van der Waals surface area contributed by atoms with E-state index in [2.05, 4.69) is 10.2 Å². The van der Waals surface area contributed by atoms with Gasteiger partial charge in [0.15, 0.2) is 0 Å². The number of nitrogens with zero attached hydrogens (tertiary/aromatic N) is 2. The van der Waals surface area contributed by atoms with Crippen LogP contribution in [0.1, 0.15) is 19.3 Å². The number of piperidine rings is 1. The molecular formula is C17H28ClN3O. The molecule has 0 aliphatic carbocycles. The van der Waals surface area contributed by atoms with Crippen molar-refractivity contribution in [3.8, 4) is 0 Å². The van der Waals surface area contributed by atoms with Gasteiger partial charge in [0.25, 0.3) is 0 Å². The zero-order valence-electron chi connectivity index (χ0n) is 13.6. The van der Waals surface area contributed by atoms with Crippen LogP contribution in [0, 0.1) is 5.92 Å². The van der Waals surface area contributed by atoms with Crippen LogP contribution in [0.15, 0.2) is 30.3 Å². The summed E-state index contributed by atoms with van der Waals surface area (Å²) in [7, 11) is 3.87. The van der Waals surface area contributed by atoms with Gasteiger partial charge in [-0.2, -0.15) is 0 Å². The minimum absolute atomic E-state index is 0. The maximum Gasteiger partial charge on any atom is 0.240 e. The second-order valence-corrected chi connectivity index (χ2v) is 5.90. The molecule has 1 saturated heterocycles. The average Bonchev–Trinajstić information content (AvgIpc) is 2.54. The molecule has 0 radical (unpaired) electrons. The van der Waals surface area contributed by atoms with Crippen LogP contribution >= 0.6 is 12.4 Å². The van der Waals surface area contributed by atoms with E-state index in [9.17, 15) is 4.79 Å². The second-order valence-electron chi connectivity index (χ2n) is 5.90. The van der Waals surface area contributed by atoms with E-state index in [1.807, 2.05) is 44.4 Å². The number of rotatable bonds is 6. The number of carbonyl (C=O) groups excluding carboxylic acids is 1. The summed E-state index contributed by atoms with van der Waals surface area (Å²) in [5.41, 5.74) is 0.964. The number of halogens is 1. The standard InChI is InChI=1S/C17H27N3O.ClH/c1-18-11-8-15-9-12-20(13-10-15)14-17(21)19(2)16-6-4-3-5-7-16;/h3-7,15,18H,8-14H2,1-2H3;1H. The number of carbonyl (C=O) groups is 1. The summed E-state index contributed by atoms with van der Waals surface area (Å²) in [6.07, 6.45) is 3.68. The first-order valence-electron chi connectivity index (χ1n) is 7.89. The molecule has 1 heterocycles. The van der Waals surface area contributed by atoms with Crippen LogP contribution < -0.4 is 10.2 Å². The van der Waals surface area contributed by atoms with Gasteiger partial charge in [0.05, 0.1) is 6.54 Å². The van der Waals surface area contributed by atoms with Gasteiger partial charge in [-0.25, -0.2) is 0 Å². The average molecular weight is 326 g/mol. The monoisotopic (exact) mass is 325 g/mol. The van der Waals surface area contributed by atoms with Crippen LogP contribution in [0.2, 0.25) is 0 Å². The third-order valence-corrected chi connectivity index (χ3v) is 4.39. The van der Waals surface area contributed by atoms with Crippen LogP contribution in [-0.4, -0.2) is 51.1 Å². The Morgan fingerprint density at radius 1 is 1.27 bits per heavy atom. The largest absolute Gasteiger partial charge is 0.320 e. The molecule has 1 aliphatic rings. The van der Waals surface area contributed by atoms with Crippen LogP contribution in [0.3, 0.4) is 0 Å². The van der Waals surface area contributed by atoms with E-state index in [4.69, 9.17) is 0 Å². The SMILES string of the molecule is CNCCC1CCN(CC(=O)N(C)c2ccccc2)CC1.Cl. The summed E-state index contributed by atoms with van der Waals surface area (Å²) in [5, 5.41) is 3.22. The molecule has 0 spiro atoms. The molecular weight excluding hydrogens is 298 g/mol. The van der Waals surface area contributed by atoms with Gasteiger partial charge in [-0.1, -0.05) is 18.2 Å². The van der Waals surface area contributed by atoms with Crippen molar-refractivity contribution in [2.24, 2.45) is 5.92 Å². The van der Waals surface area contributed by atoms with Crippen LogP contribution in [0.25, 0.3) is 0 Å². The minimum atomic E-state index is 0. The van der Waals surface area contributed by atoms with Gasteiger partial charge in [-0.05, 0) is 64.0 Å². The zero-order chi connectivity index (χ0) is 15.1. The fourth-order valence-corrected chi connectivity index (χ4v) is 2.87. The Labute approximate surface area is 140 Å². The summed E-state index contributed by atoms with van der Waals surface area (Å²) in [5.74, 6) is 0.991. The topological polar surface area (TPSA) is 35.6 Å². The molecule has 5 heteroatoms. The molecule has 0 unspecified atom stereocenters. The Balaban J connectivity index is 0.00000242. The van der Waals surface area contributed by atoms with Crippen molar-refractivity contribution in [1.29, 1.82) is 0 Å². The highest BCUT2D eigenvalue weighted by Crippen LogP contribution is 2.20. The highest BCUT2D eigenvalue weighted by atomic mass is 35.5. The Morgan fingerprint density at radius 3 is 2.50 bits per heavy atom. The number of benzene rings is 1. The molecule has 2 rings (SSSR count). The van der Waals surface area contributed by atoms with Crippen molar-refractivity contribution in [3.63, 3.8) is 0 Å². The van der Waals surface area contributed by atoms with Gasteiger partial charge in [0.1, 0.15) is 0 Å². The summed E-state index contributed by atoms with van der Waals surface area (Å²) >= 11 is 0. The van der Waals surface area contributed by atoms with E-state index in [-0.39, 0.29) is 18.3 Å². The summed E-state index contributed by atoms with van der Waals surface area (Å²) < 4.78 is 0. The molecule has 1 aromatic carbocycles. The summed E-state index contributed by atoms with van der Waals surface area (Å²) in [6, 6.07) is 9.85. The van der Waals surface area contributed by atoms with Crippen molar-refractivity contribution < 1.29 is 4.79 Å². The second kappa shape index (κ2) is 9.82. The predicted octanol–water partition coefficient (Wildman–Crippen LogP) is 2.39. The fourth-order valence-electron chi connectivity index (χ4n) is 2.87. The Hall–Kier alpha value is -1.10. The van der Waals surface area contributed by atoms with Gasteiger partial charge < -0.3 is 10.2 Å². The molecule has 1 aromatic rings. The minimum Gasteiger partial charge on any atom is -0.320 e. The third kappa shape index (κ3) is 5.59. The molecule has 124 valence electrons. The highest BCUT2D eigenvalue weighted by molar-refractivity contribution is 5.94. The summed E-state index contributed by atoms with van der Waals surface area (Å²) in [4.78, 5) is 16.4. The normalized spacial score (nSPS) is 16.1. The molecule has 1 fully saturated rings. The van der Waals surface area contributed by atoms with E-state index in [1.165, 1.54) is 19.3 Å². The maximum absolute atomic E-state index is 12.3. The predicted molar refractivity (Wildman–Crippen MR) is 94.8 cm³/mol. The van der Waals surface area contributed by atoms with Gasteiger partial charge in [0, 0.05) is 12.7 Å². The number of para-hydroxylation sites is 1. The lowest BCUT2D eigenvalue weighted by Gasteiger charge is -2.32. The molecule has 0 atom stereocenters. The van der Waals surface area contributed by atoms with Crippen molar-refractivity contribution in [1.82, 2.24) is 10.2 Å². The first-order chi connectivity index (χ1) is 10.2. The van der Waals surface area contributed by atoms with Gasteiger partial charge in [0.2, 0.25) is 5.91 Å². The van der Waals surface area contributed by atoms with Crippen LogP contribution in [-0.2, 0) is 4.79 Å². The number of amides is 1. The van der Waals surface area contributed by atoms with E-state index in [0.717, 1.165) is 31.2 Å². The third-order valence-electron chi connectivity index (χ3n) is 4.39. The van der Waals surface area contributed by atoms with E-state index < -0.39 is 0 Å². The quantitative estimate of drug-likeness (QED) is 0.872. The van der Waals surface area contributed by atoms with Gasteiger partial charge in [-0.15, -0.1) is 12.4 Å². The first-order valence-corrected chi connectivity index (χ1v) is 7.89. The lowest BCUT2D eigenvalue weighted by Crippen LogP contribution is -2.42. The molecule has 22 heavy (non-hydrogen) atoms. The molecule has 4 nitrogen and oxygen atoms in total. The highest BCUT2D eigenvalue weighted by Gasteiger charge is 2.22. The van der Waals surface area contributed by atoms with Crippen LogP contribution in [0.5, 0.6) is 0 Å². The molecule has 0 bridgehead atoms. The number of hydrogen-bond donors (Lipinski definition) is 1. The number of anilines is 1. The van der Waals surface area contributed by atoms with Gasteiger partial charge >= 0.3 is 0 Å². The van der Waals surface area contributed by atoms with E-state index in [0.29, 0.717) is 6.54 Å². The lowest BCUT2D eigenvalue weighted by atomic mass is 9.93. The van der Waals surface area contributed by atoms with E-state index in [1.54, 1.807) is 4.90 Å². The molecule has 1 N–H and O–H groups in total. The van der Waals surface area contributed by atoms with E-state index >= 15 is 0 Å². The zero-order valence-corrected chi connectivity index (χ0v) is 14.4. The lowest BCUT2D eigenvalue weighted by molar-refractivity contribution is -0.119. The molecule has 0 aromatic heterocycles. The number of nitrogens with one attached hydrogen (secondary N) is 1. The first kappa shape index (κ1) is 18.9. The van der Waals surface area contributed by atoms with Crippen molar-refractivity contribution in [3.05, 3.63) is 30.3 Å². The molecule has 1 aliphatic heterocycles. The number of hydrogen-bond acceptors (Lipinski definition) is 3. The smallest absolute Gasteiger partial charge is 0.240 e. The Morgan fingerprint density at radius 2 is 1.91 bits per heavy atom. The summed E-state index contributed by atoms with van der Waals surface area (Å²) in [6.45, 7) is 3.72. The van der Waals surface area contributed by atoms with Crippen molar-refractivity contribution >= 4 is 24.0 Å². The maximum atomic E-state index is 12.3. The van der Waals surface area contributed by atoms with Crippen molar-refractivity contribution in [2.45, 2.75) is 19.3 Å².